The molecule has 340 valence electrons. The van der Waals surface area contributed by atoms with Crippen LogP contribution in [0, 0.1) is 0 Å². The molecule has 1 amide bonds. The van der Waals surface area contributed by atoms with Crippen molar-refractivity contribution in [2.45, 2.75) is 232 Å². The van der Waals surface area contributed by atoms with Crippen LogP contribution >= 0.6 is 7.82 Å². The highest BCUT2D eigenvalue weighted by atomic mass is 31.2. The molecule has 2 unspecified atom stereocenters. The smallest absolute Gasteiger partial charge is 0.463 e. The minimum Gasteiger partial charge on any atom is -0.463 e. The van der Waals surface area contributed by atoms with Crippen LogP contribution in [0.4, 0.5) is 0 Å². The molecule has 3 N–H and O–H groups in total. The molecule has 10 heteroatoms. The Morgan fingerprint density at radius 1 is 0.534 bits per heavy atom. The topological polar surface area (TPSA) is 131 Å². The van der Waals surface area contributed by atoms with Crippen LogP contribution in [0.1, 0.15) is 226 Å². The fraction of sp³-hybridized carbons (Fsp3) is 0.833. The molecule has 9 nitrogen and oxygen atoms in total. The third kappa shape index (κ3) is 45.3. The first kappa shape index (κ1) is 56.2. The Balaban J connectivity index is 3.58. The largest absolute Gasteiger partial charge is 0.472 e. The van der Waals surface area contributed by atoms with Crippen molar-refractivity contribution in [3.05, 3.63) is 36.5 Å². The zero-order valence-electron chi connectivity index (χ0n) is 37.5. The lowest BCUT2D eigenvalue weighted by Gasteiger charge is -2.15. The van der Waals surface area contributed by atoms with E-state index in [4.69, 9.17) is 13.8 Å². The molecule has 0 aliphatic heterocycles. The number of aliphatic hydroxyl groups excluding tert-OH is 1. The van der Waals surface area contributed by atoms with Crippen LogP contribution < -0.4 is 5.32 Å². The number of carbonyl (C=O) groups excluding carboxylic acids is 2. The minimum absolute atomic E-state index is 0.0804. The predicted molar refractivity (Wildman–Crippen MR) is 243 cm³/mol. The number of ether oxygens (including phenoxy) is 1. The van der Waals surface area contributed by atoms with Gasteiger partial charge in [-0.25, -0.2) is 4.57 Å². The molecular formula is C48H90NO8P. The van der Waals surface area contributed by atoms with Gasteiger partial charge in [0, 0.05) is 19.4 Å². The normalized spacial score (nSPS) is 13.5. The standard InChI is InChI=1S/C48H90NO8P/c1-3-5-7-9-11-13-15-17-19-21-23-24-26-28-30-32-34-36-38-40-47(51)49-42-43-56-58(53,54)57-45-46(50)44-55-48(52)41-39-37-35-33-31-29-27-25-22-20-18-16-14-12-10-8-6-4-2/h14,16-17,19-20,22,46,50H,3-13,15,18,21,23-45H2,1-2H3,(H,49,51)(H,53,54)/b16-14-,19-17+,22-20-. The van der Waals surface area contributed by atoms with Gasteiger partial charge in [-0.05, 0) is 70.6 Å². The second-order valence-corrected chi connectivity index (χ2v) is 17.5. The summed E-state index contributed by atoms with van der Waals surface area (Å²) >= 11 is 0. The Kier molecular flexibility index (Phi) is 43.4. The summed E-state index contributed by atoms with van der Waals surface area (Å²) in [6.45, 7) is 3.55. The van der Waals surface area contributed by atoms with Crippen molar-refractivity contribution in [1.29, 1.82) is 0 Å². The van der Waals surface area contributed by atoms with Crippen molar-refractivity contribution in [2.24, 2.45) is 0 Å². The van der Waals surface area contributed by atoms with Crippen molar-refractivity contribution in [3.8, 4) is 0 Å². The Morgan fingerprint density at radius 2 is 0.931 bits per heavy atom. The van der Waals surface area contributed by atoms with Crippen molar-refractivity contribution in [3.63, 3.8) is 0 Å². The summed E-state index contributed by atoms with van der Waals surface area (Å²) in [4.78, 5) is 34.0. The molecule has 0 aromatic rings. The van der Waals surface area contributed by atoms with Gasteiger partial charge in [0.2, 0.25) is 5.91 Å². The van der Waals surface area contributed by atoms with Crippen LogP contribution in [-0.2, 0) is 27.9 Å². The highest BCUT2D eigenvalue weighted by Gasteiger charge is 2.23. The monoisotopic (exact) mass is 840 g/mol. The molecule has 0 saturated heterocycles. The number of rotatable bonds is 45. The summed E-state index contributed by atoms with van der Waals surface area (Å²) in [5.41, 5.74) is 0. The average molecular weight is 840 g/mol. The van der Waals surface area contributed by atoms with Crippen LogP contribution in [0.15, 0.2) is 36.5 Å². The van der Waals surface area contributed by atoms with E-state index in [9.17, 15) is 24.2 Å². The Labute approximate surface area is 356 Å². The van der Waals surface area contributed by atoms with Crippen LogP contribution in [0.25, 0.3) is 0 Å². The number of hydrogen-bond acceptors (Lipinski definition) is 7. The number of phosphoric acid groups is 1. The van der Waals surface area contributed by atoms with Gasteiger partial charge in [0.25, 0.3) is 0 Å². The van der Waals surface area contributed by atoms with Gasteiger partial charge in [0.15, 0.2) is 0 Å². The van der Waals surface area contributed by atoms with Crippen molar-refractivity contribution in [2.75, 3.05) is 26.4 Å². The van der Waals surface area contributed by atoms with E-state index in [1.165, 1.54) is 141 Å². The van der Waals surface area contributed by atoms with Gasteiger partial charge in [-0.2, -0.15) is 0 Å². The number of aliphatic hydroxyl groups is 1. The maximum Gasteiger partial charge on any atom is 0.472 e. The Bertz CT molecular complexity index is 1050. The second-order valence-electron chi connectivity index (χ2n) is 16.1. The average Bonchev–Trinajstić information content (AvgIpc) is 3.21. The molecule has 0 aromatic carbocycles. The number of carbonyl (C=O) groups is 2. The number of phosphoric ester groups is 1. The number of amides is 1. The molecule has 0 bridgehead atoms. The fourth-order valence-corrected chi connectivity index (χ4v) is 7.40. The lowest BCUT2D eigenvalue weighted by Crippen LogP contribution is -2.27. The van der Waals surface area contributed by atoms with E-state index in [0.29, 0.717) is 6.42 Å². The number of esters is 1. The molecule has 0 aliphatic rings. The summed E-state index contributed by atoms with van der Waals surface area (Å²) in [7, 11) is -4.42. The number of allylic oxidation sites excluding steroid dienone is 6. The maximum absolute atomic E-state index is 12.1. The summed E-state index contributed by atoms with van der Waals surface area (Å²) < 4.78 is 26.9. The molecule has 58 heavy (non-hydrogen) atoms. The molecule has 0 spiro atoms. The molecule has 0 heterocycles. The quantitative estimate of drug-likeness (QED) is 0.0239. The minimum atomic E-state index is -4.42. The molecular weight excluding hydrogens is 750 g/mol. The van der Waals surface area contributed by atoms with Gasteiger partial charge in [0.05, 0.1) is 13.2 Å². The van der Waals surface area contributed by atoms with Crippen molar-refractivity contribution >= 4 is 19.7 Å². The third-order valence-electron chi connectivity index (χ3n) is 10.3. The zero-order valence-corrected chi connectivity index (χ0v) is 38.4. The Hall–Kier alpha value is -1.77. The van der Waals surface area contributed by atoms with Crippen LogP contribution in [0.5, 0.6) is 0 Å². The van der Waals surface area contributed by atoms with Gasteiger partial charge in [-0.15, -0.1) is 0 Å². The van der Waals surface area contributed by atoms with Gasteiger partial charge in [-0.1, -0.05) is 179 Å². The van der Waals surface area contributed by atoms with Gasteiger partial charge < -0.3 is 20.1 Å². The van der Waals surface area contributed by atoms with Gasteiger partial charge in [0.1, 0.15) is 12.7 Å². The SMILES string of the molecule is CCCCCC/C=C\C/C=C\CCCCCCCCCC(=O)OCC(O)COP(=O)(O)OCCNC(=O)CCCCCCCCCCC/C=C/CCCCCCCC. The van der Waals surface area contributed by atoms with Crippen molar-refractivity contribution < 1.29 is 37.9 Å². The van der Waals surface area contributed by atoms with Gasteiger partial charge >= 0.3 is 13.8 Å². The predicted octanol–water partition coefficient (Wildman–Crippen LogP) is 13.7. The fourth-order valence-electron chi connectivity index (χ4n) is 6.64. The van der Waals surface area contributed by atoms with Crippen LogP contribution in [0.2, 0.25) is 0 Å². The molecule has 0 aliphatic carbocycles. The summed E-state index contributed by atoms with van der Waals surface area (Å²) in [6, 6.07) is 0. The summed E-state index contributed by atoms with van der Waals surface area (Å²) in [5, 5.41) is 12.7. The lowest BCUT2D eigenvalue weighted by atomic mass is 10.1. The number of unbranched alkanes of at least 4 members (excludes halogenated alkanes) is 26. The maximum atomic E-state index is 12.1. The molecule has 0 aromatic heterocycles. The molecule has 0 saturated carbocycles. The lowest BCUT2D eigenvalue weighted by molar-refractivity contribution is -0.147. The molecule has 0 fully saturated rings. The third-order valence-corrected chi connectivity index (χ3v) is 11.3. The first-order valence-corrected chi connectivity index (χ1v) is 25.5. The molecule has 0 radical (unpaired) electrons. The first-order chi connectivity index (χ1) is 28.3. The summed E-state index contributed by atoms with van der Waals surface area (Å²) in [5.74, 6) is -0.522. The van der Waals surface area contributed by atoms with E-state index in [2.05, 4.69) is 55.6 Å². The van der Waals surface area contributed by atoms with Crippen LogP contribution in [0.3, 0.4) is 0 Å². The zero-order chi connectivity index (χ0) is 42.5. The van der Waals surface area contributed by atoms with Crippen LogP contribution in [-0.4, -0.2) is 54.3 Å². The number of hydrogen-bond donors (Lipinski definition) is 3. The van der Waals surface area contributed by atoms with E-state index in [1.54, 1.807) is 0 Å². The van der Waals surface area contributed by atoms with E-state index in [1.807, 2.05) is 0 Å². The Morgan fingerprint density at radius 3 is 1.41 bits per heavy atom. The van der Waals surface area contributed by atoms with E-state index < -0.39 is 26.5 Å². The van der Waals surface area contributed by atoms with E-state index >= 15 is 0 Å². The highest BCUT2D eigenvalue weighted by molar-refractivity contribution is 7.47. The summed E-state index contributed by atoms with van der Waals surface area (Å²) in [6.07, 6.45) is 50.7. The van der Waals surface area contributed by atoms with E-state index in [0.717, 1.165) is 57.8 Å². The first-order valence-electron chi connectivity index (χ1n) is 24.0. The number of nitrogens with one attached hydrogen (secondary N) is 1. The van der Waals surface area contributed by atoms with Crippen molar-refractivity contribution in [1.82, 2.24) is 5.32 Å². The molecule has 0 rings (SSSR count). The van der Waals surface area contributed by atoms with Gasteiger partial charge in [-0.3, -0.25) is 18.6 Å². The highest BCUT2D eigenvalue weighted by Crippen LogP contribution is 2.42. The second kappa shape index (κ2) is 44.8. The van der Waals surface area contributed by atoms with E-state index in [-0.39, 0.29) is 32.1 Å². The molecule has 2 atom stereocenters.